The maximum atomic E-state index is 13.2. The zero-order chi connectivity index (χ0) is 31.4. The number of aromatic nitrogens is 1. The molecule has 2 aliphatic heterocycles. The molecule has 3 rings (SSSR count). The summed E-state index contributed by atoms with van der Waals surface area (Å²) in [5.74, 6) is -3.70. The van der Waals surface area contributed by atoms with E-state index in [1.54, 1.807) is 27.7 Å². The van der Waals surface area contributed by atoms with E-state index >= 15 is 0 Å². The molecule has 7 heteroatoms. The lowest BCUT2D eigenvalue weighted by Gasteiger charge is -2.34. The Morgan fingerprint density at radius 1 is 1.36 bits per heavy atom. The summed E-state index contributed by atoms with van der Waals surface area (Å²) >= 11 is 0. The van der Waals surface area contributed by atoms with Crippen molar-refractivity contribution in [2.45, 2.75) is 83.9 Å². The molecule has 0 radical (unpaired) electrons. The van der Waals surface area contributed by atoms with Gasteiger partial charge >= 0.3 is 13.2 Å². The highest BCUT2D eigenvalue weighted by molar-refractivity contribution is 6.62. The van der Waals surface area contributed by atoms with Crippen LogP contribution >= 0.6 is 0 Å². The van der Waals surface area contributed by atoms with Gasteiger partial charge in [-0.05, 0) is 66.8 Å². The summed E-state index contributed by atoms with van der Waals surface area (Å²) in [6.45, 7) is 3.37. The molecule has 154 valence electrons. The van der Waals surface area contributed by atoms with Crippen LogP contribution < -0.4 is 5.46 Å². The lowest BCUT2D eigenvalue weighted by Crippen LogP contribution is -2.42. The van der Waals surface area contributed by atoms with Crippen molar-refractivity contribution >= 4 is 18.7 Å². The molecule has 2 saturated heterocycles. The summed E-state index contributed by atoms with van der Waals surface area (Å²) in [7, 11) is -1.48. The van der Waals surface area contributed by atoms with E-state index in [-0.39, 0.29) is 4.90 Å². The first-order valence-corrected chi connectivity index (χ1v) is 8.90. The van der Waals surface area contributed by atoms with Crippen LogP contribution in [0.15, 0.2) is 18.4 Å². The fraction of sp³-hybridized carbons (Fsp3) is 0.714. The zero-order valence-corrected chi connectivity index (χ0v) is 17.1. The Hall–Kier alpha value is -1.60. The van der Waals surface area contributed by atoms with Gasteiger partial charge in [-0.3, -0.25) is 4.98 Å². The molecule has 0 saturated carbocycles. The number of likely N-dealkylation sites (tertiary alicyclic amines) is 1. The summed E-state index contributed by atoms with van der Waals surface area (Å²) in [4.78, 5) is 16.5. The number of carbonyl (C=O) groups is 1. The van der Waals surface area contributed by atoms with Gasteiger partial charge in [0.25, 0.3) is 0 Å². The van der Waals surface area contributed by atoms with Crippen molar-refractivity contribution in [1.82, 2.24) is 9.88 Å². The average molecular weight is 400 g/mol. The van der Waals surface area contributed by atoms with Gasteiger partial charge in [0.05, 0.1) is 18.1 Å². The van der Waals surface area contributed by atoms with Gasteiger partial charge in [-0.1, -0.05) is 6.04 Å². The Labute approximate surface area is 185 Å². The molecule has 1 aromatic rings. The Bertz CT molecular complexity index is 1220. The largest absolute Gasteiger partial charge is 0.496 e. The van der Waals surface area contributed by atoms with Crippen LogP contribution in [-0.2, 0) is 14.0 Å². The topological polar surface area (TPSA) is 60.9 Å². The molecule has 2 aliphatic rings. The minimum atomic E-state index is -3.84. The van der Waals surface area contributed by atoms with Gasteiger partial charge in [0.2, 0.25) is 0 Å². The number of amides is 1. The lowest BCUT2D eigenvalue weighted by molar-refractivity contribution is 0.00578. The Morgan fingerprint density at radius 3 is 2.61 bits per heavy atom. The average Bonchev–Trinajstić information content (AvgIpc) is 2.90. The van der Waals surface area contributed by atoms with Gasteiger partial charge in [-0.25, -0.2) is 4.79 Å². The van der Waals surface area contributed by atoms with Crippen LogP contribution in [0.4, 0.5) is 4.79 Å². The molecule has 6 nitrogen and oxygen atoms in total. The van der Waals surface area contributed by atoms with Crippen molar-refractivity contribution < 1.29 is 35.3 Å². The van der Waals surface area contributed by atoms with Gasteiger partial charge in [-0.15, -0.1) is 0 Å². The fourth-order valence-corrected chi connectivity index (χ4v) is 2.36. The monoisotopic (exact) mass is 400 g/mol. The second kappa shape index (κ2) is 7.34. The standard InChI is InChI=1S/C21H33BN2O4/c1-19(2,3)26-18(25)24-10-8-9-15(14-24)16-11-17(13-23-12-16)22-27-20(4,5)21(6,7)28-22/h11-13,15H,8-10,14H2,1-7H3/i8D2,9D2,10D2,11D,12D,13D,14D2,15D. The number of ether oxygens (including phenoxy) is 1. The van der Waals surface area contributed by atoms with Crippen LogP contribution in [0, 0.1) is 0 Å². The van der Waals surface area contributed by atoms with Crippen molar-refractivity contribution in [2.75, 3.05) is 13.0 Å². The van der Waals surface area contributed by atoms with Crippen molar-refractivity contribution in [3.8, 4) is 0 Å². The van der Waals surface area contributed by atoms with E-state index in [1.807, 2.05) is 0 Å². The zero-order valence-electron chi connectivity index (χ0n) is 29.1. The van der Waals surface area contributed by atoms with Crippen LogP contribution in [0.3, 0.4) is 0 Å². The molecule has 2 fully saturated rings. The van der Waals surface area contributed by atoms with Crippen molar-refractivity contribution in [3.05, 3.63) is 24.0 Å². The molecule has 1 aromatic heterocycles. The Balaban J connectivity index is 2.40. The Kier molecular flexibility index (Phi) is 2.74. The first-order valence-electron chi connectivity index (χ1n) is 14.9. The fourth-order valence-electron chi connectivity index (χ4n) is 2.36. The number of piperidine rings is 1. The lowest BCUT2D eigenvalue weighted by atomic mass is 9.78. The summed E-state index contributed by atoms with van der Waals surface area (Å²) in [5.41, 5.74) is -4.89. The smallest absolute Gasteiger partial charge is 0.444 e. The van der Waals surface area contributed by atoms with Crippen LogP contribution in [0.5, 0.6) is 0 Å². The normalized spacial score (nSPS) is 40.4. The number of carbonyl (C=O) groups excluding carboxylic acids is 1. The third-order valence-corrected chi connectivity index (χ3v) is 4.50. The van der Waals surface area contributed by atoms with E-state index in [0.29, 0.717) is 0 Å². The van der Waals surface area contributed by atoms with Crippen LogP contribution in [0.25, 0.3) is 0 Å². The number of rotatable bonds is 2. The number of hydrogen-bond donors (Lipinski definition) is 0. The third kappa shape index (κ3) is 4.52. The highest BCUT2D eigenvalue weighted by atomic mass is 16.7. The second-order valence-corrected chi connectivity index (χ2v) is 8.50. The van der Waals surface area contributed by atoms with Crippen molar-refractivity contribution in [1.29, 1.82) is 0 Å². The highest BCUT2D eigenvalue weighted by Gasteiger charge is 2.51. The molecule has 1 unspecified atom stereocenters. The molecule has 0 aliphatic carbocycles. The maximum absolute atomic E-state index is 13.2. The van der Waals surface area contributed by atoms with E-state index < -0.39 is 91.1 Å². The highest BCUT2D eigenvalue weighted by Crippen LogP contribution is 2.36. The Morgan fingerprint density at radius 2 is 2.00 bits per heavy atom. The van der Waals surface area contributed by atoms with E-state index in [1.165, 1.54) is 20.8 Å². The number of hydrogen-bond acceptors (Lipinski definition) is 5. The van der Waals surface area contributed by atoms with E-state index in [4.69, 9.17) is 29.1 Å². The number of nitrogens with zero attached hydrogens (tertiary/aromatic N) is 2. The molecular formula is C21H33BN2O4. The maximum Gasteiger partial charge on any atom is 0.496 e. The van der Waals surface area contributed by atoms with Gasteiger partial charge in [0.1, 0.15) is 5.60 Å². The SMILES string of the molecule is [2H]c1nc([2H])c(C2([2H])C([2H])([2H])N(C(=O)OC(C)(C)C)C([2H])([2H])C([2H])([2H])C2([2H])[2H])c([2H])c1B1OC(C)(C)C(C)(C)O1. The van der Waals surface area contributed by atoms with Gasteiger partial charge < -0.3 is 18.9 Å². The molecule has 28 heavy (non-hydrogen) atoms. The van der Waals surface area contributed by atoms with Gasteiger partial charge in [-0.2, -0.15) is 0 Å². The molecule has 0 spiro atoms. The van der Waals surface area contributed by atoms with Gasteiger partial charge in [0.15, 0.2) is 0 Å². The molecule has 0 bridgehead atoms. The minimum Gasteiger partial charge on any atom is -0.444 e. The molecule has 0 aromatic carbocycles. The van der Waals surface area contributed by atoms with Crippen LogP contribution in [-0.4, -0.2) is 52.9 Å². The van der Waals surface area contributed by atoms with E-state index in [2.05, 4.69) is 4.98 Å². The third-order valence-electron chi connectivity index (χ3n) is 4.50. The molecule has 3 heterocycles. The number of pyridine rings is 1. The van der Waals surface area contributed by atoms with Gasteiger partial charge in [0, 0.05) is 46.3 Å². The summed E-state index contributed by atoms with van der Waals surface area (Å²) in [5, 5.41) is 0. The summed E-state index contributed by atoms with van der Waals surface area (Å²) in [6, 6.07) is -0.964. The van der Waals surface area contributed by atoms with Crippen molar-refractivity contribution in [2.24, 2.45) is 0 Å². The molecule has 1 atom stereocenters. The first-order chi connectivity index (χ1) is 17.5. The van der Waals surface area contributed by atoms with Crippen molar-refractivity contribution in [3.63, 3.8) is 0 Å². The summed E-state index contributed by atoms with van der Waals surface area (Å²) < 4.78 is 120. The quantitative estimate of drug-likeness (QED) is 0.712. The molecule has 1 amide bonds. The van der Waals surface area contributed by atoms with Crippen LogP contribution in [0.2, 0.25) is 0 Å². The first kappa shape index (κ1) is 10.4. The second-order valence-electron chi connectivity index (χ2n) is 8.50. The predicted molar refractivity (Wildman–Crippen MR) is 110 cm³/mol. The molecule has 0 N–H and O–H groups in total. The molecular weight excluding hydrogens is 355 g/mol. The summed E-state index contributed by atoms with van der Waals surface area (Å²) in [6.07, 6.45) is -11.2. The predicted octanol–water partition coefficient (Wildman–Crippen LogP) is 3.50. The van der Waals surface area contributed by atoms with E-state index in [0.717, 1.165) is 0 Å². The van der Waals surface area contributed by atoms with E-state index in [9.17, 15) is 6.17 Å². The van der Waals surface area contributed by atoms with Crippen LogP contribution in [0.1, 0.15) is 89.1 Å². The minimum absolute atomic E-state index is 0.332.